The van der Waals surface area contributed by atoms with Gasteiger partial charge in [0.25, 0.3) is 0 Å². The topological polar surface area (TPSA) is 39.9 Å². The lowest BCUT2D eigenvalue weighted by molar-refractivity contribution is 0.505. The van der Waals surface area contributed by atoms with Gasteiger partial charge in [-0.1, -0.05) is 37.0 Å². The highest BCUT2D eigenvalue weighted by atomic mass is 32.1. The Morgan fingerprint density at radius 3 is 2.94 bits per heavy atom. The molecular formula is C12H17N3S. The lowest BCUT2D eigenvalue weighted by Crippen LogP contribution is -2.20. The van der Waals surface area contributed by atoms with Crippen molar-refractivity contribution in [2.24, 2.45) is 5.92 Å². The van der Waals surface area contributed by atoms with Crippen LogP contribution < -0.4 is 4.90 Å². The van der Waals surface area contributed by atoms with Crippen LogP contribution in [0.2, 0.25) is 0 Å². The number of hydrogen-bond donors (Lipinski definition) is 0. The first-order valence-corrected chi connectivity index (χ1v) is 6.68. The lowest BCUT2D eigenvalue weighted by atomic mass is 10.0. The second-order valence-electron chi connectivity index (χ2n) is 4.48. The number of aromatic nitrogens is 1. The molecule has 1 aliphatic carbocycles. The summed E-state index contributed by atoms with van der Waals surface area (Å²) >= 11 is 1.48. The Hall–Kier alpha value is -1.08. The highest BCUT2D eigenvalue weighted by molar-refractivity contribution is 7.16. The van der Waals surface area contributed by atoms with Crippen molar-refractivity contribution in [3.05, 3.63) is 11.1 Å². The minimum Gasteiger partial charge on any atom is -0.351 e. The van der Waals surface area contributed by atoms with Crippen LogP contribution in [0.3, 0.4) is 0 Å². The first-order valence-electron chi connectivity index (χ1n) is 5.86. The van der Waals surface area contributed by atoms with E-state index >= 15 is 0 Å². The van der Waals surface area contributed by atoms with Gasteiger partial charge in [0.2, 0.25) is 0 Å². The molecule has 0 N–H and O–H groups in total. The van der Waals surface area contributed by atoms with Gasteiger partial charge in [-0.2, -0.15) is 5.26 Å². The van der Waals surface area contributed by atoms with E-state index in [0.29, 0.717) is 4.88 Å². The summed E-state index contributed by atoms with van der Waals surface area (Å²) < 4.78 is 0. The number of thiazole rings is 1. The SMILES string of the molecule is CN(CCC1CCCC1)c1ncc(C#N)s1. The van der Waals surface area contributed by atoms with E-state index in [2.05, 4.69) is 23.0 Å². The minimum absolute atomic E-state index is 0.697. The van der Waals surface area contributed by atoms with Crippen molar-refractivity contribution in [3.8, 4) is 6.07 Å². The van der Waals surface area contributed by atoms with Crippen molar-refractivity contribution in [2.75, 3.05) is 18.5 Å². The van der Waals surface area contributed by atoms with Crippen LogP contribution in [-0.2, 0) is 0 Å². The fourth-order valence-corrected chi connectivity index (χ4v) is 2.96. The van der Waals surface area contributed by atoms with E-state index in [9.17, 15) is 0 Å². The molecular weight excluding hydrogens is 218 g/mol. The zero-order valence-electron chi connectivity index (χ0n) is 9.65. The van der Waals surface area contributed by atoms with Gasteiger partial charge in [0.15, 0.2) is 5.13 Å². The molecule has 1 saturated carbocycles. The number of anilines is 1. The minimum atomic E-state index is 0.697. The van der Waals surface area contributed by atoms with E-state index in [1.165, 1.54) is 43.4 Å². The van der Waals surface area contributed by atoms with Gasteiger partial charge in [-0.25, -0.2) is 4.98 Å². The summed E-state index contributed by atoms with van der Waals surface area (Å²) in [5.41, 5.74) is 0. The molecule has 0 spiro atoms. The van der Waals surface area contributed by atoms with Crippen molar-refractivity contribution in [3.63, 3.8) is 0 Å². The quantitative estimate of drug-likeness (QED) is 0.805. The molecule has 86 valence electrons. The molecule has 4 heteroatoms. The molecule has 0 amide bonds. The van der Waals surface area contributed by atoms with E-state index in [1.54, 1.807) is 6.20 Å². The Morgan fingerprint density at radius 2 is 2.31 bits per heavy atom. The average molecular weight is 235 g/mol. The third kappa shape index (κ3) is 2.73. The molecule has 1 aromatic rings. The second kappa shape index (κ2) is 5.31. The number of hydrogen-bond acceptors (Lipinski definition) is 4. The predicted octanol–water partition coefficient (Wildman–Crippen LogP) is 3.03. The van der Waals surface area contributed by atoms with Crippen molar-refractivity contribution in [2.45, 2.75) is 32.1 Å². The Kier molecular flexibility index (Phi) is 3.79. The van der Waals surface area contributed by atoms with E-state index in [-0.39, 0.29) is 0 Å². The summed E-state index contributed by atoms with van der Waals surface area (Å²) in [5, 5.41) is 9.70. The van der Waals surface area contributed by atoms with Crippen molar-refractivity contribution < 1.29 is 0 Å². The molecule has 1 heterocycles. The molecule has 0 aromatic carbocycles. The molecule has 0 atom stereocenters. The summed E-state index contributed by atoms with van der Waals surface area (Å²) in [6, 6.07) is 2.13. The molecule has 1 aromatic heterocycles. The van der Waals surface area contributed by atoms with E-state index < -0.39 is 0 Å². The summed E-state index contributed by atoms with van der Waals surface area (Å²) in [7, 11) is 2.06. The average Bonchev–Trinajstić information content (AvgIpc) is 2.96. The van der Waals surface area contributed by atoms with Crippen LogP contribution in [0.4, 0.5) is 5.13 Å². The van der Waals surface area contributed by atoms with Crippen molar-refractivity contribution in [1.29, 1.82) is 5.26 Å². The molecule has 0 saturated heterocycles. The fourth-order valence-electron chi connectivity index (χ4n) is 2.26. The number of rotatable bonds is 4. The van der Waals surface area contributed by atoms with Crippen LogP contribution in [-0.4, -0.2) is 18.6 Å². The number of nitriles is 1. The summed E-state index contributed by atoms with van der Waals surface area (Å²) in [4.78, 5) is 7.12. The molecule has 16 heavy (non-hydrogen) atoms. The largest absolute Gasteiger partial charge is 0.351 e. The monoisotopic (exact) mass is 235 g/mol. The molecule has 0 radical (unpaired) electrons. The summed E-state index contributed by atoms with van der Waals surface area (Å²) in [6.07, 6.45) is 8.53. The van der Waals surface area contributed by atoms with Crippen LogP contribution in [0.15, 0.2) is 6.20 Å². The maximum atomic E-state index is 8.74. The molecule has 0 bridgehead atoms. The van der Waals surface area contributed by atoms with E-state index in [1.807, 2.05) is 0 Å². The first-order chi connectivity index (χ1) is 7.79. The summed E-state index contributed by atoms with van der Waals surface area (Å²) in [5.74, 6) is 0.915. The third-order valence-electron chi connectivity index (χ3n) is 3.28. The maximum absolute atomic E-state index is 8.74. The predicted molar refractivity (Wildman–Crippen MR) is 66.7 cm³/mol. The third-order valence-corrected chi connectivity index (χ3v) is 4.29. The lowest BCUT2D eigenvalue weighted by Gasteiger charge is -2.17. The van der Waals surface area contributed by atoms with Crippen molar-refractivity contribution >= 4 is 16.5 Å². The Morgan fingerprint density at radius 1 is 1.56 bits per heavy atom. The van der Waals surface area contributed by atoms with Crippen LogP contribution >= 0.6 is 11.3 Å². The molecule has 0 aliphatic heterocycles. The molecule has 1 aliphatic rings. The van der Waals surface area contributed by atoms with Gasteiger partial charge < -0.3 is 4.90 Å². The van der Waals surface area contributed by atoms with Gasteiger partial charge in [0, 0.05) is 13.6 Å². The highest BCUT2D eigenvalue weighted by Crippen LogP contribution is 2.28. The Balaban J connectivity index is 1.82. The van der Waals surface area contributed by atoms with Crippen molar-refractivity contribution in [1.82, 2.24) is 4.98 Å². The zero-order chi connectivity index (χ0) is 11.4. The standard InChI is InChI=1S/C12H17N3S/c1-15(7-6-10-4-2-3-5-10)12-14-9-11(8-13)16-12/h9-10H,2-7H2,1H3. The first kappa shape index (κ1) is 11.4. The van der Waals surface area contributed by atoms with Gasteiger partial charge in [-0.3, -0.25) is 0 Å². The Bertz CT molecular complexity index is 374. The second-order valence-corrected chi connectivity index (χ2v) is 5.49. The molecule has 2 rings (SSSR count). The smallest absolute Gasteiger partial charge is 0.186 e. The fraction of sp³-hybridized carbons (Fsp3) is 0.667. The van der Waals surface area contributed by atoms with Gasteiger partial charge in [-0.15, -0.1) is 0 Å². The van der Waals surface area contributed by atoms with E-state index in [0.717, 1.165) is 17.6 Å². The summed E-state index contributed by atoms with van der Waals surface area (Å²) in [6.45, 7) is 1.06. The van der Waals surface area contributed by atoms with Gasteiger partial charge >= 0.3 is 0 Å². The van der Waals surface area contributed by atoms with Gasteiger partial charge in [-0.05, 0) is 12.3 Å². The zero-order valence-corrected chi connectivity index (χ0v) is 10.5. The van der Waals surface area contributed by atoms with E-state index in [4.69, 9.17) is 5.26 Å². The van der Waals surface area contributed by atoms with Crippen LogP contribution in [0.1, 0.15) is 37.0 Å². The van der Waals surface area contributed by atoms with Crippen LogP contribution in [0.25, 0.3) is 0 Å². The van der Waals surface area contributed by atoms with Gasteiger partial charge in [0.1, 0.15) is 10.9 Å². The molecule has 3 nitrogen and oxygen atoms in total. The maximum Gasteiger partial charge on any atom is 0.186 e. The molecule has 0 unspecified atom stereocenters. The molecule has 1 fully saturated rings. The van der Waals surface area contributed by atoms with Crippen LogP contribution in [0, 0.1) is 17.2 Å². The Labute approximate surface area is 101 Å². The number of nitrogens with zero attached hydrogens (tertiary/aromatic N) is 3. The van der Waals surface area contributed by atoms with Gasteiger partial charge in [0.05, 0.1) is 6.20 Å². The normalized spacial score (nSPS) is 16.2. The highest BCUT2D eigenvalue weighted by Gasteiger charge is 2.16. The van der Waals surface area contributed by atoms with Crippen LogP contribution in [0.5, 0.6) is 0 Å².